The number of rotatable bonds is 3. The van der Waals surface area contributed by atoms with E-state index in [2.05, 4.69) is 15.9 Å². The van der Waals surface area contributed by atoms with Gasteiger partial charge in [0.25, 0.3) is 5.91 Å². The first-order chi connectivity index (χ1) is 7.41. The zero-order chi connectivity index (χ0) is 12.3. The van der Waals surface area contributed by atoms with Gasteiger partial charge in [0.05, 0.1) is 5.56 Å². The molecule has 0 bridgehead atoms. The number of nitrogens with zero attached hydrogens (tertiary/aromatic N) is 1. The minimum Gasteiger partial charge on any atom is -0.340 e. The molecule has 1 rings (SSSR count). The molecule has 88 valence electrons. The van der Waals surface area contributed by atoms with Crippen LogP contribution in [0.1, 0.15) is 22.8 Å². The summed E-state index contributed by atoms with van der Waals surface area (Å²) in [7, 11) is 1.76. The average molecular weight is 305 g/mol. The van der Waals surface area contributed by atoms with Crippen molar-refractivity contribution in [3.05, 3.63) is 33.8 Å². The van der Waals surface area contributed by atoms with Gasteiger partial charge in [0.15, 0.2) is 0 Å². The highest BCUT2D eigenvalue weighted by Gasteiger charge is 2.15. The molecule has 0 saturated carbocycles. The van der Waals surface area contributed by atoms with E-state index >= 15 is 0 Å². The molecule has 0 radical (unpaired) electrons. The van der Waals surface area contributed by atoms with E-state index in [0.717, 1.165) is 10.0 Å². The van der Waals surface area contributed by atoms with Crippen LogP contribution in [0.3, 0.4) is 0 Å². The number of aryl methyl sites for hydroxylation is 1. The number of alkyl halides is 1. The van der Waals surface area contributed by atoms with Gasteiger partial charge in [-0.2, -0.15) is 0 Å². The number of benzene rings is 1. The molecule has 0 aliphatic heterocycles. The van der Waals surface area contributed by atoms with Crippen LogP contribution in [-0.2, 0) is 0 Å². The molecule has 1 amide bonds. The van der Waals surface area contributed by atoms with E-state index in [0.29, 0.717) is 12.1 Å². The van der Waals surface area contributed by atoms with E-state index in [-0.39, 0.29) is 11.3 Å². The molecule has 0 fully saturated rings. The molecular weight excluding hydrogens is 289 g/mol. The second kappa shape index (κ2) is 5.69. The van der Waals surface area contributed by atoms with Gasteiger partial charge in [-0.15, -0.1) is 11.6 Å². The van der Waals surface area contributed by atoms with E-state index in [1.807, 2.05) is 32.0 Å². The van der Waals surface area contributed by atoms with E-state index in [1.165, 1.54) is 0 Å². The Kier molecular flexibility index (Phi) is 4.81. The number of halogens is 2. The molecule has 1 atom stereocenters. The van der Waals surface area contributed by atoms with Crippen LogP contribution in [0.2, 0.25) is 0 Å². The normalized spacial score (nSPS) is 12.3. The third-order valence-corrected chi connectivity index (χ3v) is 3.02. The second-order valence-corrected chi connectivity index (χ2v) is 5.55. The molecule has 16 heavy (non-hydrogen) atoms. The zero-order valence-corrected chi connectivity index (χ0v) is 12.0. The first-order valence-corrected chi connectivity index (χ1v) is 6.30. The maximum absolute atomic E-state index is 12.0. The predicted molar refractivity (Wildman–Crippen MR) is 71.2 cm³/mol. The van der Waals surface area contributed by atoms with Crippen molar-refractivity contribution in [1.29, 1.82) is 0 Å². The van der Waals surface area contributed by atoms with Crippen LogP contribution in [-0.4, -0.2) is 29.8 Å². The maximum atomic E-state index is 12.0. The van der Waals surface area contributed by atoms with Crippen LogP contribution in [0.25, 0.3) is 0 Å². The van der Waals surface area contributed by atoms with Gasteiger partial charge >= 0.3 is 0 Å². The van der Waals surface area contributed by atoms with Crippen LogP contribution < -0.4 is 0 Å². The highest BCUT2D eigenvalue weighted by Crippen LogP contribution is 2.19. The molecule has 4 heteroatoms. The molecule has 0 aliphatic carbocycles. The summed E-state index contributed by atoms with van der Waals surface area (Å²) in [5, 5.41) is -0.0434. The molecule has 2 nitrogen and oxygen atoms in total. The fourth-order valence-corrected chi connectivity index (χ4v) is 2.33. The molecule has 0 N–H and O–H groups in total. The SMILES string of the molecule is Cc1ccc(C(=O)N(C)CC(C)Cl)c(Br)c1. The van der Waals surface area contributed by atoms with Crippen LogP contribution in [0, 0.1) is 6.92 Å². The van der Waals surface area contributed by atoms with Crippen molar-refractivity contribution < 1.29 is 4.79 Å². The van der Waals surface area contributed by atoms with Crippen molar-refractivity contribution in [2.45, 2.75) is 19.2 Å². The van der Waals surface area contributed by atoms with E-state index in [4.69, 9.17) is 11.6 Å². The number of carbonyl (C=O) groups excluding carboxylic acids is 1. The van der Waals surface area contributed by atoms with Crippen LogP contribution in [0.5, 0.6) is 0 Å². The van der Waals surface area contributed by atoms with Gasteiger partial charge in [0.1, 0.15) is 0 Å². The van der Waals surface area contributed by atoms with Gasteiger partial charge < -0.3 is 4.90 Å². The number of hydrogen-bond donors (Lipinski definition) is 0. The lowest BCUT2D eigenvalue weighted by atomic mass is 10.1. The lowest BCUT2D eigenvalue weighted by Gasteiger charge is -2.19. The smallest absolute Gasteiger partial charge is 0.254 e. The highest BCUT2D eigenvalue weighted by molar-refractivity contribution is 9.10. The van der Waals surface area contributed by atoms with Gasteiger partial charge in [0.2, 0.25) is 0 Å². The van der Waals surface area contributed by atoms with Gasteiger partial charge in [0, 0.05) is 23.4 Å². The van der Waals surface area contributed by atoms with Crippen LogP contribution in [0.15, 0.2) is 22.7 Å². The summed E-state index contributed by atoms with van der Waals surface area (Å²) in [6, 6.07) is 5.69. The fourth-order valence-electron chi connectivity index (χ4n) is 1.46. The van der Waals surface area contributed by atoms with Crippen molar-refractivity contribution in [3.63, 3.8) is 0 Å². The molecule has 0 saturated heterocycles. The Morgan fingerprint density at radius 2 is 2.19 bits per heavy atom. The van der Waals surface area contributed by atoms with Crippen LogP contribution in [0.4, 0.5) is 0 Å². The maximum Gasteiger partial charge on any atom is 0.254 e. The fraction of sp³-hybridized carbons (Fsp3) is 0.417. The minimum atomic E-state index is -0.0434. The summed E-state index contributed by atoms with van der Waals surface area (Å²) in [6.45, 7) is 4.40. The van der Waals surface area contributed by atoms with Crippen molar-refractivity contribution >= 4 is 33.4 Å². The Morgan fingerprint density at radius 3 is 2.69 bits per heavy atom. The van der Waals surface area contributed by atoms with Crippen molar-refractivity contribution in [2.75, 3.05) is 13.6 Å². The standard InChI is InChI=1S/C12H15BrClNO/c1-8-4-5-10(11(13)6-8)12(16)15(3)7-9(2)14/h4-6,9H,7H2,1-3H3. The predicted octanol–water partition coefficient (Wildman–Crippen LogP) is 3.46. The summed E-state index contributed by atoms with van der Waals surface area (Å²) >= 11 is 9.27. The molecule has 0 aromatic heterocycles. The van der Waals surface area contributed by atoms with Crippen molar-refractivity contribution in [1.82, 2.24) is 4.90 Å². The third-order valence-electron chi connectivity index (χ3n) is 2.23. The molecule has 1 aromatic rings. The number of amides is 1. The van der Waals surface area contributed by atoms with E-state index in [1.54, 1.807) is 11.9 Å². The summed E-state index contributed by atoms with van der Waals surface area (Å²) in [5.74, 6) is -0.0145. The summed E-state index contributed by atoms with van der Waals surface area (Å²) < 4.78 is 0.826. The Balaban J connectivity index is 2.88. The molecule has 0 spiro atoms. The van der Waals surface area contributed by atoms with Gasteiger partial charge in [-0.3, -0.25) is 4.79 Å². The monoisotopic (exact) mass is 303 g/mol. The first kappa shape index (κ1) is 13.5. The lowest BCUT2D eigenvalue weighted by molar-refractivity contribution is 0.0795. The van der Waals surface area contributed by atoms with E-state index < -0.39 is 0 Å². The molecule has 0 heterocycles. The molecule has 0 aliphatic rings. The number of carbonyl (C=O) groups is 1. The average Bonchev–Trinajstić information content (AvgIpc) is 2.15. The Hall–Kier alpha value is -0.540. The summed E-state index contributed by atoms with van der Waals surface area (Å²) in [6.07, 6.45) is 0. The minimum absolute atomic E-state index is 0.0145. The van der Waals surface area contributed by atoms with Crippen LogP contribution >= 0.6 is 27.5 Å². The molecule has 1 aromatic carbocycles. The first-order valence-electron chi connectivity index (χ1n) is 5.07. The zero-order valence-electron chi connectivity index (χ0n) is 9.63. The Bertz CT molecular complexity index is 393. The van der Waals surface area contributed by atoms with E-state index in [9.17, 15) is 4.79 Å². The Labute approximate surface area is 110 Å². The summed E-state index contributed by atoms with van der Waals surface area (Å²) in [5.41, 5.74) is 1.79. The quantitative estimate of drug-likeness (QED) is 0.783. The van der Waals surface area contributed by atoms with Crippen molar-refractivity contribution in [2.24, 2.45) is 0 Å². The highest BCUT2D eigenvalue weighted by atomic mass is 79.9. The van der Waals surface area contributed by atoms with Gasteiger partial charge in [-0.05, 0) is 47.5 Å². The lowest BCUT2D eigenvalue weighted by Crippen LogP contribution is -2.31. The molecular formula is C12H15BrClNO. The molecule has 1 unspecified atom stereocenters. The summed E-state index contributed by atoms with van der Waals surface area (Å²) in [4.78, 5) is 13.7. The second-order valence-electron chi connectivity index (χ2n) is 3.95. The van der Waals surface area contributed by atoms with Crippen molar-refractivity contribution in [3.8, 4) is 0 Å². The Morgan fingerprint density at radius 1 is 1.56 bits per heavy atom. The topological polar surface area (TPSA) is 20.3 Å². The number of hydrogen-bond acceptors (Lipinski definition) is 1. The van der Waals surface area contributed by atoms with Gasteiger partial charge in [-0.1, -0.05) is 6.07 Å². The largest absolute Gasteiger partial charge is 0.340 e. The van der Waals surface area contributed by atoms with Gasteiger partial charge in [-0.25, -0.2) is 0 Å². The third kappa shape index (κ3) is 3.49.